The molecular formula is C14H11FN2O2. The Morgan fingerprint density at radius 1 is 0.895 bits per heavy atom. The average molecular weight is 258 g/mol. The van der Waals surface area contributed by atoms with Crippen molar-refractivity contribution in [3.8, 4) is 11.1 Å². The van der Waals surface area contributed by atoms with Crippen molar-refractivity contribution in [2.45, 2.75) is 0 Å². The highest BCUT2D eigenvalue weighted by Crippen LogP contribution is 2.28. The maximum Gasteiger partial charge on any atom is 0.249 e. The first kappa shape index (κ1) is 12.8. The van der Waals surface area contributed by atoms with Crippen molar-refractivity contribution >= 4 is 11.8 Å². The third kappa shape index (κ3) is 2.44. The number of carbonyl (C=O) groups is 2. The van der Waals surface area contributed by atoms with Crippen LogP contribution >= 0.6 is 0 Å². The van der Waals surface area contributed by atoms with Crippen molar-refractivity contribution in [3.63, 3.8) is 0 Å². The Balaban J connectivity index is 2.79. The summed E-state index contributed by atoms with van der Waals surface area (Å²) in [6.07, 6.45) is 0. The van der Waals surface area contributed by atoms with Crippen LogP contribution in [0.15, 0.2) is 42.5 Å². The monoisotopic (exact) mass is 258 g/mol. The molecule has 0 bridgehead atoms. The van der Waals surface area contributed by atoms with Gasteiger partial charge in [0.15, 0.2) is 0 Å². The second-order valence-corrected chi connectivity index (χ2v) is 3.97. The molecule has 0 spiro atoms. The topological polar surface area (TPSA) is 86.2 Å². The molecule has 5 heteroatoms. The molecule has 0 radical (unpaired) electrons. The van der Waals surface area contributed by atoms with Crippen LogP contribution in [0.5, 0.6) is 0 Å². The molecule has 0 saturated heterocycles. The Morgan fingerprint density at radius 3 is 1.89 bits per heavy atom. The summed E-state index contributed by atoms with van der Waals surface area (Å²) >= 11 is 0. The predicted molar refractivity (Wildman–Crippen MR) is 68.9 cm³/mol. The van der Waals surface area contributed by atoms with E-state index in [1.807, 2.05) is 0 Å². The van der Waals surface area contributed by atoms with Gasteiger partial charge in [-0.05, 0) is 29.8 Å². The Hall–Kier alpha value is -2.69. The quantitative estimate of drug-likeness (QED) is 0.877. The standard InChI is InChI=1S/C14H11FN2O2/c15-9-4-1-3-8(7-9)12-10(13(16)18)5-2-6-11(12)14(17)19/h1-7H,(H2,16,18)(H2,17,19). The van der Waals surface area contributed by atoms with E-state index in [1.165, 1.54) is 36.4 Å². The molecule has 2 amide bonds. The number of carbonyl (C=O) groups excluding carboxylic acids is 2. The minimum absolute atomic E-state index is 0.127. The minimum Gasteiger partial charge on any atom is -0.366 e. The van der Waals surface area contributed by atoms with Crippen molar-refractivity contribution in [2.75, 3.05) is 0 Å². The highest BCUT2D eigenvalue weighted by Gasteiger charge is 2.17. The van der Waals surface area contributed by atoms with Gasteiger partial charge in [0.05, 0.1) is 0 Å². The summed E-state index contributed by atoms with van der Waals surface area (Å²) in [6.45, 7) is 0. The highest BCUT2D eigenvalue weighted by molar-refractivity contribution is 6.08. The van der Waals surface area contributed by atoms with E-state index in [1.54, 1.807) is 6.07 Å². The number of hydrogen-bond donors (Lipinski definition) is 2. The van der Waals surface area contributed by atoms with Crippen molar-refractivity contribution in [1.82, 2.24) is 0 Å². The van der Waals surface area contributed by atoms with Gasteiger partial charge in [0.25, 0.3) is 0 Å². The SMILES string of the molecule is NC(=O)c1cccc(C(N)=O)c1-c1cccc(F)c1. The average Bonchev–Trinajstić information content (AvgIpc) is 2.37. The lowest BCUT2D eigenvalue weighted by Gasteiger charge is -2.11. The van der Waals surface area contributed by atoms with Gasteiger partial charge in [-0.25, -0.2) is 4.39 Å². The number of halogens is 1. The third-order valence-electron chi connectivity index (χ3n) is 2.71. The maximum atomic E-state index is 13.3. The fraction of sp³-hybridized carbons (Fsp3) is 0. The molecule has 0 fully saturated rings. The number of benzene rings is 2. The van der Waals surface area contributed by atoms with E-state index in [9.17, 15) is 14.0 Å². The first-order valence-electron chi connectivity index (χ1n) is 5.49. The number of hydrogen-bond acceptors (Lipinski definition) is 2. The van der Waals surface area contributed by atoms with Gasteiger partial charge in [0.2, 0.25) is 11.8 Å². The van der Waals surface area contributed by atoms with Crippen molar-refractivity contribution in [3.05, 3.63) is 59.4 Å². The zero-order valence-corrected chi connectivity index (χ0v) is 9.89. The van der Waals surface area contributed by atoms with E-state index in [0.717, 1.165) is 0 Å². The van der Waals surface area contributed by atoms with Gasteiger partial charge in [0.1, 0.15) is 5.82 Å². The highest BCUT2D eigenvalue weighted by atomic mass is 19.1. The molecule has 0 unspecified atom stereocenters. The summed E-state index contributed by atoms with van der Waals surface area (Å²) in [5, 5.41) is 0. The van der Waals surface area contributed by atoms with E-state index < -0.39 is 17.6 Å². The van der Waals surface area contributed by atoms with Crippen molar-refractivity contribution in [2.24, 2.45) is 11.5 Å². The molecule has 96 valence electrons. The number of primary amides is 2. The molecule has 4 nitrogen and oxygen atoms in total. The van der Waals surface area contributed by atoms with Crippen molar-refractivity contribution < 1.29 is 14.0 Å². The van der Waals surface area contributed by atoms with Crippen LogP contribution in [0.1, 0.15) is 20.7 Å². The van der Waals surface area contributed by atoms with Crippen LogP contribution in [0, 0.1) is 5.82 Å². The van der Waals surface area contributed by atoms with E-state index in [4.69, 9.17) is 11.5 Å². The second kappa shape index (κ2) is 4.89. The molecule has 2 aromatic rings. The Morgan fingerprint density at radius 2 is 1.42 bits per heavy atom. The van der Waals surface area contributed by atoms with Crippen molar-refractivity contribution in [1.29, 1.82) is 0 Å². The molecule has 0 aromatic heterocycles. The van der Waals surface area contributed by atoms with E-state index in [-0.39, 0.29) is 16.7 Å². The van der Waals surface area contributed by atoms with E-state index in [0.29, 0.717) is 5.56 Å². The van der Waals surface area contributed by atoms with Crippen LogP contribution < -0.4 is 11.5 Å². The lowest BCUT2D eigenvalue weighted by molar-refractivity contribution is 0.0999. The van der Waals surface area contributed by atoms with Crippen LogP contribution in [0.3, 0.4) is 0 Å². The zero-order chi connectivity index (χ0) is 14.0. The largest absolute Gasteiger partial charge is 0.366 e. The third-order valence-corrected chi connectivity index (χ3v) is 2.71. The fourth-order valence-electron chi connectivity index (χ4n) is 1.92. The molecule has 0 saturated carbocycles. The van der Waals surface area contributed by atoms with Gasteiger partial charge in [-0.15, -0.1) is 0 Å². The number of nitrogens with two attached hydrogens (primary N) is 2. The number of amides is 2. The van der Waals surface area contributed by atoms with Crippen LogP contribution in [-0.4, -0.2) is 11.8 Å². The summed E-state index contributed by atoms with van der Waals surface area (Å²) in [6, 6.07) is 9.98. The molecule has 0 aliphatic heterocycles. The Bertz CT molecular complexity index is 636. The molecule has 0 atom stereocenters. The van der Waals surface area contributed by atoms with Gasteiger partial charge < -0.3 is 11.5 Å². The summed E-state index contributed by atoms with van der Waals surface area (Å²) < 4.78 is 13.3. The lowest BCUT2D eigenvalue weighted by Crippen LogP contribution is -2.18. The zero-order valence-electron chi connectivity index (χ0n) is 9.89. The fourth-order valence-corrected chi connectivity index (χ4v) is 1.92. The van der Waals surface area contributed by atoms with Crippen LogP contribution in [-0.2, 0) is 0 Å². The molecule has 0 heterocycles. The van der Waals surface area contributed by atoms with Gasteiger partial charge >= 0.3 is 0 Å². The molecule has 2 rings (SSSR count). The summed E-state index contributed by atoms with van der Waals surface area (Å²) in [4.78, 5) is 22.9. The normalized spacial score (nSPS) is 10.2. The molecule has 19 heavy (non-hydrogen) atoms. The lowest BCUT2D eigenvalue weighted by atomic mass is 9.93. The summed E-state index contributed by atoms with van der Waals surface area (Å²) in [7, 11) is 0. The first-order chi connectivity index (χ1) is 9.00. The predicted octanol–water partition coefficient (Wildman–Crippen LogP) is 1.69. The van der Waals surface area contributed by atoms with E-state index >= 15 is 0 Å². The van der Waals surface area contributed by atoms with Gasteiger partial charge in [-0.1, -0.05) is 18.2 Å². The minimum atomic E-state index is -0.706. The molecule has 0 aliphatic rings. The molecule has 0 aliphatic carbocycles. The second-order valence-electron chi connectivity index (χ2n) is 3.97. The van der Waals surface area contributed by atoms with Crippen LogP contribution in [0.25, 0.3) is 11.1 Å². The first-order valence-corrected chi connectivity index (χ1v) is 5.49. The molecular weight excluding hydrogens is 247 g/mol. The summed E-state index contributed by atoms with van der Waals surface area (Å²) in [5.41, 5.74) is 11.4. The molecule has 4 N–H and O–H groups in total. The van der Waals surface area contributed by atoms with E-state index in [2.05, 4.69) is 0 Å². The summed E-state index contributed by atoms with van der Waals surface area (Å²) in [5.74, 6) is -1.89. The Labute approximate surface area is 108 Å². The van der Waals surface area contributed by atoms with Gasteiger partial charge in [-0.3, -0.25) is 9.59 Å². The Kier molecular flexibility index (Phi) is 3.29. The van der Waals surface area contributed by atoms with Crippen LogP contribution in [0.4, 0.5) is 4.39 Å². The number of rotatable bonds is 3. The van der Waals surface area contributed by atoms with Crippen LogP contribution in [0.2, 0.25) is 0 Å². The smallest absolute Gasteiger partial charge is 0.249 e. The molecule has 2 aromatic carbocycles. The maximum absolute atomic E-state index is 13.3. The van der Waals surface area contributed by atoms with Gasteiger partial charge in [0, 0.05) is 16.7 Å². The van der Waals surface area contributed by atoms with Gasteiger partial charge in [-0.2, -0.15) is 0 Å².